The van der Waals surface area contributed by atoms with Crippen molar-refractivity contribution in [1.82, 2.24) is 4.90 Å². The van der Waals surface area contributed by atoms with Gasteiger partial charge < -0.3 is 9.47 Å². The Balaban J connectivity index is 1.92. The average molecular weight is 446 g/mol. The van der Waals surface area contributed by atoms with Crippen molar-refractivity contribution in [1.29, 1.82) is 0 Å². The molecule has 5 nitrogen and oxygen atoms in total. The highest BCUT2D eigenvalue weighted by Crippen LogP contribution is 2.20. The lowest BCUT2D eigenvalue weighted by atomic mass is 9.97. The molecule has 1 atom stereocenters. The first kappa shape index (κ1) is 24.2. The van der Waals surface area contributed by atoms with Gasteiger partial charge in [-0.3, -0.25) is 14.5 Å². The molecule has 3 aromatic rings. The largest absolute Gasteiger partial charge is 0.497 e. The molecule has 33 heavy (non-hydrogen) atoms. The van der Waals surface area contributed by atoms with Crippen LogP contribution in [0.15, 0.2) is 84.9 Å². The first-order valence-corrected chi connectivity index (χ1v) is 11.2. The summed E-state index contributed by atoms with van der Waals surface area (Å²) < 4.78 is 10.3. The summed E-state index contributed by atoms with van der Waals surface area (Å²) in [5.74, 6) is 0.135. The second-order valence-electron chi connectivity index (χ2n) is 7.89. The highest BCUT2D eigenvalue weighted by atomic mass is 16.5. The standard InChI is InChI=1S/C28H31NO4/c1-3-33-28(31)19-27(30)26(18-22-14-16-25(32-2)17-15-22)29(20-23-10-6-4-7-11-23)21-24-12-8-5-9-13-24/h4-17,26H,3,18-21H2,1-2H3/t26-/m1/s1. The quantitative estimate of drug-likeness (QED) is 0.295. The van der Waals surface area contributed by atoms with Gasteiger partial charge in [-0.05, 0) is 42.2 Å². The van der Waals surface area contributed by atoms with E-state index >= 15 is 0 Å². The smallest absolute Gasteiger partial charge is 0.313 e. The molecule has 0 saturated carbocycles. The maximum atomic E-state index is 13.4. The van der Waals surface area contributed by atoms with Crippen molar-refractivity contribution >= 4 is 11.8 Å². The van der Waals surface area contributed by atoms with E-state index in [9.17, 15) is 9.59 Å². The van der Waals surface area contributed by atoms with Crippen LogP contribution in [0.3, 0.4) is 0 Å². The molecule has 0 fully saturated rings. The van der Waals surface area contributed by atoms with Crippen LogP contribution >= 0.6 is 0 Å². The first-order chi connectivity index (χ1) is 16.1. The van der Waals surface area contributed by atoms with Crippen LogP contribution in [0.25, 0.3) is 0 Å². The maximum Gasteiger partial charge on any atom is 0.313 e. The SMILES string of the molecule is CCOC(=O)CC(=O)[C@@H](Cc1ccc(OC)cc1)N(Cc1ccccc1)Cc1ccccc1. The third-order valence-electron chi connectivity index (χ3n) is 5.48. The molecule has 3 aromatic carbocycles. The zero-order chi connectivity index (χ0) is 23.5. The first-order valence-electron chi connectivity index (χ1n) is 11.2. The molecule has 0 amide bonds. The van der Waals surface area contributed by atoms with Crippen molar-refractivity contribution in [2.75, 3.05) is 13.7 Å². The van der Waals surface area contributed by atoms with E-state index in [4.69, 9.17) is 9.47 Å². The number of benzene rings is 3. The summed E-state index contributed by atoms with van der Waals surface area (Å²) in [6.07, 6.45) is 0.247. The monoisotopic (exact) mass is 445 g/mol. The summed E-state index contributed by atoms with van der Waals surface area (Å²) in [5, 5.41) is 0. The normalized spacial score (nSPS) is 11.7. The van der Waals surface area contributed by atoms with Crippen LogP contribution in [0.2, 0.25) is 0 Å². The van der Waals surface area contributed by atoms with Gasteiger partial charge in [-0.2, -0.15) is 0 Å². The van der Waals surface area contributed by atoms with Gasteiger partial charge in [0.2, 0.25) is 0 Å². The van der Waals surface area contributed by atoms with Gasteiger partial charge in [0, 0.05) is 13.1 Å². The number of Topliss-reactive ketones (excluding diaryl/α,β-unsaturated/α-hetero) is 1. The minimum absolute atomic E-state index is 0.142. The summed E-state index contributed by atoms with van der Waals surface area (Å²) in [6, 6.07) is 27.4. The van der Waals surface area contributed by atoms with Gasteiger partial charge in [-0.1, -0.05) is 72.8 Å². The molecule has 5 heteroatoms. The summed E-state index contributed by atoms with van der Waals surface area (Å²) in [6.45, 7) is 3.18. The summed E-state index contributed by atoms with van der Waals surface area (Å²) >= 11 is 0. The topological polar surface area (TPSA) is 55.8 Å². The number of nitrogens with zero attached hydrogens (tertiary/aromatic N) is 1. The van der Waals surface area contributed by atoms with Crippen molar-refractivity contribution in [2.24, 2.45) is 0 Å². The number of carbonyl (C=O) groups is 2. The Hall–Kier alpha value is -3.44. The third-order valence-corrected chi connectivity index (χ3v) is 5.48. The van der Waals surface area contributed by atoms with Gasteiger partial charge >= 0.3 is 5.97 Å². The third kappa shape index (κ3) is 7.58. The van der Waals surface area contributed by atoms with E-state index in [0.717, 1.165) is 22.4 Å². The molecule has 0 aliphatic rings. The van der Waals surface area contributed by atoms with Gasteiger partial charge in [0.25, 0.3) is 0 Å². The minimum Gasteiger partial charge on any atom is -0.497 e. The fraction of sp³-hybridized carbons (Fsp3) is 0.286. The van der Waals surface area contributed by atoms with Crippen LogP contribution < -0.4 is 4.74 Å². The Morgan fingerprint density at radius 1 is 0.788 bits per heavy atom. The highest BCUT2D eigenvalue weighted by Gasteiger charge is 2.28. The highest BCUT2D eigenvalue weighted by molar-refractivity contribution is 5.98. The van der Waals surface area contributed by atoms with E-state index < -0.39 is 12.0 Å². The molecule has 0 aliphatic heterocycles. The number of ketones is 1. The molecule has 0 N–H and O–H groups in total. The second kappa shape index (κ2) is 12.6. The van der Waals surface area contributed by atoms with E-state index in [2.05, 4.69) is 29.2 Å². The molecule has 0 spiro atoms. The predicted molar refractivity (Wildman–Crippen MR) is 129 cm³/mol. The lowest BCUT2D eigenvalue weighted by Crippen LogP contribution is -2.43. The summed E-state index contributed by atoms with van der Waals surface area (Å²) in [4.78, 5) is 27.7. The van der Waals surface area contributed by atoms with Crippen LogP contribution in [0.1, 0.15) is 30.0 Å². The van der Waals surface area contributed by atoms with Crippen LogP contribution in [0, 0.1) is 0 Å². The van der Waals surface area contributed by atoms with Gasteiger partial charge in [0.05, 0.1) is 19.8 Å². The number of carbonyl (C=O) groups excluding carboxylic acids is 2. The van der Waals surface area contributed by atoms with E-state index in [1.54, 1.807) is 14.0 Å². The Morgan fingerprint density at radius 3 is 1.82 bits per heavy atom. The van der Waals surface area contributed by atoms with Crippen molar-refractivity contribution < 1.29 is 19.1 Å². The summed E-state index contributed by atoms with van der Waals surface area (Å²) in [5.41, 5.74) is 3.22. The van der Waals surface area contributed by atoms with Crippen molar-refractivity contribution in [2.45, 2.75) is 38.9 Å². The zero-order valence-corrected chi connectivity index (χ0v) is 19.3. The van der Waals surface area contributed by atoms with Crippen LogP contribution in [0.5, 0.6) is 5.75 Å². The molecule has 0 saturated heterocycles. The zero-order valence-electron chi connectivity index (χ0n) is 19.3. The molecule has 0 radical (unpaired) electrons. The molecule has 0 aromatic heterocycles. The lowest BCUT2D eigenvalue weighted by molar-refractivity contribution is -0.146. The Morgan fingerprint density at radius 2 is 1.33 bits per heavy atom. The van der Waals surface area contributed by atoms with Crippen LogP contribution in [-0.2, 0) is 33.8 Å². The molecule has 3 rings (SSSR count). The second-order valence-corrected chi connectivity index (χ2v) is 7.89. The van der Waals surface area contributed by atoms with Gasteiger partial charge in [0.1, 0.15) is 12.2 Å². The van der Waals surface area contributed by atoms with Crippen LogP contribution in [-0.4, -0.2) is 36.4 Å². The average Bonchev–Trinajstić information content (AvgIpc) is 2.84. The van der Waals surface area contributed by atoms with Crippen molar-refractivity contribution in [3.63, 3.8) is 0 Å². The molecular formula is C28H31NO4. The number of hydrogen-bond donors (Lipinski definition) is 0. The van der Waals surface area contributed by atoms with Crippen LogP contribution in [0.4, 0.5) is 0 Å². The van der Waals surface area contributed by atoms with Gasteiger partial charge in [-0.25, -0.2) is 0 Å². The Kier molecular flexibility index (Phi) is 9.21. The van der Waals surface area contributed by atoms with E-state index in [-0.39, 0.29) is 18.8 Å². The summed E-state index contributed by atoms with van der Waals surface area (Å²) in [7, 11) is 1.63. The molecular weight excluding hydrogens is 414 g/mol. The molecule has 172 valence electrons. The fourth-order valence-corrected chi connectivity index (χ4v) is 3.82. The minimum atomic E-state index is -0.485. The van der Waals surface area contributed by atoms with E-state index in [1.807, 2.05) is 60.7 Å². The molecule has 0 bridgehead atoms. The molecule has 0 unspecified atom stereocenters. The van der Waals surface area contributed by atoms with E-state index in [0.29, 0.717) is 19.5 Å². The van der Waals surface area contributed by atoms with Crippen molar-refractivity contribution in [3.05, 3.63) is 102 Å². The van der Waals surface area contributed by atoms with E-state index in [1.165, 1.54) is 0 Å². The van der Waals surface area contributed by atoms with Gasteiger partial charge in [-0.15, -0.1) is 0 Å². The maximum absolute atomic E-state index is 13.4. The molecule has 0 heterocycles. The Bertz CT molecular complexity index is 962. The fourth-order valence-electron chi connectivity index (χ4n) is 3.82. The lowest BCUT2D eigenvalue weighted by Gasteiger charge is -2.31. The molecule has 0 aliphatic carbocycles. The number of esters is 1. The predicted octanol–water partition coefficient (Wildman–Crippen LogP) is 4.83. The number of methoxy groups -OCH3 is 1. The van der Waals surface area contributed by atoms with Crippen molar-refractivity contribution in [3.8, 4) is 5.75 Å². The Labute approximate surface area is 196 Å². The number of ether oxygens (including phenoxy) is 2. The van der Waals surface area contributed by atoms with Gasteiger partial charge in [0.15, 0.2) is 5.78 Å². The number of hydrogen-bond acceptors (Lipinski definition) is 5. The number of rotatable bonds is 12.